The lowest BCUT2D eigenvalue weighted by Crippen LogP contribution is -2.57. The van der Waals surface area contributed by atoms with E-state index in [0.29, 0.717) is 19.1 Å². The van der Waals surface area contributed by atoms with Crippen LogP contribution in [0, 0.1) is 0 Å². The monoisotopic (exact) mass is 426 g/mol. The average Bonchev–Trinajstić information content (AvgIpc) is 2.71. The largest absolute Gasteiger partial charge is 0.376 e. The van der Waals surface area contributed by atoms with E-state index < -0.39 is 10.0 Å². The molecule has 7 heteroatoms. The first-order valence-electron chi connectivity index (χ1n) is 10.3. The van der Waals surface area contributed by atoms with Crippen LogP contribution in [0.1, 0.15) is 50.0 Å². The summed E-state index contributed by atoms with van der Waals surface area (Å²) in [5, 5.41) is 3.52. The van der Waals surface area contributed by atoms with E-state index in [1.807, 2.05) is 0 Å². The lowest BCUT2D eigenvalue weighted by atomic mass is 9.83. The fourth-order valence-electron chi connectivity index (χ4n) is 4.59. The number of ether oxygens (including phenoxy) is 1. The van der Waals surface area contributed by atoms with Gasteiger partial charge < -0.3 is 10.1 Å². The average molecular weight is 427 g/mol. The van der Waals surface area contributed by atoms with Gasteiger partial charge in [0.1, 0.15) is 0 Å². The standard InChI is InChI=1S/C21H34N2O3S2/c1-27-16-22-20-9-6-14-23(28(2,24)25)21(20)15-26-19-12-10-18(11-13-19)17-7-4-3-5-8-17/h3-5,7-8,18-22H,6,9-16H2,1-2H3/t18?,19?,20-,21-/m0/s1. The van der Waals surface area contributed by atoms with Crippen molar-refractivity contribution < 1.29 is 13.2 Å². The third-order valence-electron chi connectivity index (χ3n) is 6.09. The highest BCUT2D eigenvalue weighted by Gasteiger charge is 2.37. The molecule has 28 heavy (non-hydrogen) atoms. The molecular formula is C21H34N2O3S2. The zero-order chi connectivity index (χ0) is 20.0. The topological polar surface area (TPSA) is 58.6 Å². The molecule has 0 amide bonds. The van der Waals surface area contributed by atoms with Crippen LogP contribution >= 0.6 is 11.8 Å². The molecule has 1 aromatic carbocycles. The molecule has 1 heterocycles. The van der Waals surface area contributed by atoms with E-state index in [2.05, 4.69) is 41.9 Å². The molecule has 1 aliphatic heterocycles. The van der Waals surface area contributed by atoms with Crippen LogP contribution in [0.5, 0.6) is 0 Å². The van der Waals surface area contributed by atoms with Crippen molar-refractivity contribution in [2.75, 3.05) is 31.5 Å². The zero-order valence-electron chi connectivity index (χ0n) is 17.0. The van der Waals surface area contributed by atoms with Crippen LogP contribution in [0.15, 0.2) is 30.3 Å². The van der Waals surface area contributed by atoms with Crippen molar-refractivity contribution in [2.24, 2.45) is 0 Å². The predicted octanol–water partition coefficient (Wildman–Crippen LogP) is 3.43. The van der Waals surface area contributed by atoms with Crippen molar-refractivity contribution >= 4 is 21.8 Å². The fraction of sp³-hybridized carbons (Fsp3) is 0.714. The minimum absolute atomic E-state index is 0.109. The van der Waals surface area contributed by atoms with Gasteiger partial charge in [0.05, 0.1) is 25.0 Å². The van der Waals surface area contributed by atoms with Gasteiger partial charge in [-0.15, -0.1) is 11.8 Å². The number of nitrogens with one attached hydrogen (secondary N) is 1. The quantitative estimate of drug-likeness (QED) is 0.646. The smallest absolute Gasteiger partial charge is 0.211 e. The van der Waals surface area contributed by atoms with Gasteiger partial charge in [0.15, 0.2) is 0 Å². The molecule has 2 aliphatic rings. The molecule has 2 fully saturated rings. The Hall–Kier alpha value is -0.600. The first kappa shape index (κ1) is 22.1. The van der Waals surface area contributed by atoms with Crippen LogP contribution in [0.3, 0.4) is 0 Å². The van der Waals surface area contributed by atoms with Gasteiger partial charge in [-0.25, -0.2) is 8.42 Å². The van der Waals surface area contributed by atoms with Gasteiger partial charge in [-0.2, -0.15) is 4.31 Å². The van der Waals surface area contributed by atoms with E-state index in [-0.39, 0.29) is 18.2 Å². The number of nitrogens with zero attached hydrogens (tertiary/aromatic N) is 1. The Kier molecular flexibility index (Phi) is 8.23. The summed E-state index contributed by atoms with van der Waals surface area (Å²) in [5.41, 5.74) is 1.43. The Morgan fingerprint density at radius 3 is 2.50 bits per heavy atom. The number of thioether (sulfide) groups is 1. The second kappa shape index (κ2) is 10.4. The molecule has 1 saturated carbocycles. The highest BCUT2D eigenvalue weighted by atomic mass is 32.2. The first-order chi connectivity index (χ1) is 13.5. The number of rotatable bonds is 8. The van der Waals surface area contributed by atoms with Crippen molar-refractivity contribution in [1.82, 2.24) is 9.62 Å². The summed E-state index contributed by atoms with van der Waals surface area (Å²) < 4.78 is 32.6. The van der Waals surface area contributed by atoms with Gasteiger partial charge in [0, 0.05) is 18.5 Å². The molecular weight excluding hydrogens is 392 g/mol. The van der Waals surface area contributed by atoms with Crippen molar-refractivity contribution in [3.05, 3.63) is 35.9 Å². The molecule has 158 valence electrons. The van der Waals surface area contributed by atoms with Crippen molar-refractivity contribution in [2.45, 2.75) is 62.6 Å². The summed E-state index contributed by atoms with van der Waals surface area (Å²) in [5.74, 6) is 1.46. The third kappa shape index (κ3) is 5.95. The molecule has 0 bridgehead atoms. The maximum atomic E-state index is 12.3. The SMILES string of the molecule is CSCN[C@H]1CCCN(S(C)(=O)=O)[C@H]1COC1CCC(c2ccccc2)CC1. The van der Waals surface area contributed by atoms with Crippen LogP contribution in [0.4, 0.5) is 0 Å². The van der Waals surface area contributed by atoms with E-state index in [1.54, 1.807) is 16.1 Å². The molecule has 1 aliphatic carbocycles. The highest BCUT2D eigenvalue weighted by molar-refractivity contribution is 7.98. The fourth-order valence-corrected chi connectivity index (χ4v) is 6.13. The van der Waals surface area contributed by atoms with Crippen LogP contribution < -0.4 is 5.32 Å². The molecule has 0 aromatic heterocycles. The summed E-state index contributed by atoms with van der Waals surface area (Å²) >= 11 is 1.73. The van der Waals surface area contributed by atoms with E-state index >= 15 is 0 Å². The van der Waals surface area contributed by atoms with Crippen molar-refractivity contribution in [3.8, 4) is 0 Å². The summed E-state index contributed by atoms with van der Waals surface area (Å²) in [6, 6.07) is 10.8. The molecule has 2 atom stereocenters. The van der Waals surface area contributed by atoms with Crippen LogP contribution in [-0.4, -0.2) is 62.5 Å². The summed E-state index contributed by atoms with van der Waals surface area (Å²) in [7, 11) is -3.22. The number of piperidine rings is 1. The Balaban J connectivity index is 1.56. The Bertz CT molecular complexity index is 691. The molecule has 3 rings (SSSR count). The normalized spacial score (nSPS) is 29.6. The predicted molar refractivity (Wildman–Crippen MR) is 117 cm³/mol. The molecule has 5 nitrogen and oxygen atoms in total. The van der Waals surface area contributed by atoms with Gasteiger partial charge >= 0.3 is 0 Å². The van der Waals surface area contributed by atoms with Gasteiger partial charge in [0.25, 0.3) is 0 Å². The number of hydrogen-bond acceptors (Lipinski definition) is 5. The van der Waals surface area contributed by atoms with E-state index in [0.717, 1.165) is 44.4 Å². The molecule has 0 radical (unpaired) electrons. The summed E-state index contributed by atoms with van der Waals surface area (Å²) in [6.45, 7) is 1.09. The maximum absolute atomic E-state index is 12.3. The van der Waals surface area contributed by atoms with Gasteiger partial charge in [-0.3, -0.25) is 0 Å². The Morgan fingerprint density at radius 2 is 1.86 bits per heavy atom. The third-order valence-corrected chi connectivity index (χ3v) is 7.85. The lowest BCUT2D eigenvalue weighted by molar-refractivity contribution is -0.0110. The van der Waals surface area contributed by atoms with Crippen LogP contribution in [0.2, 0.25) is 0 Å². The van der Waals surface area contributed by atoms with Crippen molar-refractivity contribution in [1.29, 1.82) is 0 Å². The molecule has 1 saturated heterocycles. The minimum atomic E-state index is -3.22. The van der Waals surface area contributed by atoms with E-state index in [1.165, 1.54) is 11.8 Å². The maximum Gasteiger partial charge on any atom is 0.211 e. The lowest BCUT2D eigenvalue weighted by Gasteiger charge is -2.41. The molecule has 1 N–H and O–H groups in total. The van der Waals surface area contributed by atoms with Gasteiger partial charge in [-0.05, 0) is 56.3 Å². The number of hydrogen-bond donors (Lipinski definition) is 1. The summed E-state index contributed by atoms with van der Waals surface area (Å²) in [6.07, 6.45) is 9.90. The summed E-state index contributed by atoms with van der Waals surface area (Å²) in [4.78, 5) is 0. The van der Waals surface area contributed by atoms with Gasteiger partial charge in [-0.1, -0.05) is 30.3 Å². The minimum Gasteiger partial charge on any atom is -0.376 e. The van der Waals surface area contributed by atoms with E-state index in [4.69, 9.17) is 4.74 Å². The van der Waals surface area contributed by atoms with Crippen LogP contribution in [0.25, 0.3) is 0 Å². The Morgan fingerprint density at radius 1 is 1.14 bits per heavy atom. The number of benzene rings is 1. The second-order valence-electron chi connectivity index (χ2n) is 8.04. The van der Waals surface area contributed by atoms with E-state index in [9.17, 15) is 8.42 Å². The Labute approximate surface area is 174 Å². The van der Waals surface area contributed by atoms with Crippen molar-refractivity contribution in [3.63, 3.8) is 0 Å². The molecule has 0 spiro atoms. The second-order valence-corrected chi connectivity index (χ2v) is 10.8. The molecule has 0 unspecified atom stereocenters. The zero-order valence-corrected chi connectivity index (χ0v) is 18.7. The first-order valence-corrected chi connectivity index (χ1v) is 13.6. The van der Waals surface area contributed by atoms with Gasteiger partial charge in [0.2, 0.25) is 10.0 Å². The highest BCUT2D eigenvalue weighted by Crippen LogP contribution is 2.34. The molecule has 1 aromatic rings. The van der Waals surface area contributed by atoms with Crippen LogP contribution in [-0.2, 0) is 14.8 Å². The number of sulfonamides is 1.